The van der Waals surface area contributed by atoms with Crippen molar-refractivity contribution in [3.8, 4) is 11.6 Å². The van der Waals surface area contributed by atoms with E-state index in [4.69, 9.17) is 4.74 Å². The van der Waals surface area contributed by atoms with Crippen LogP contribution in [0, 0.1) is 0 Å². The van der Waals surface area contributed by atoms with Crippen LogP contribution in [0.2, 0.25) is 0 Å². The van der Waals surface area contributed by atoms with Gasteiger partial charge in [-0.2, -0.15) is 0 Å². The normalized spacial score (nSPS) is 10.8. The van der Waals surface area contributed by atoms with Gasteiger partial charge in [-0.25, -0.2) is 4.98 Å². The van der Waals surface area contributed by atoms with Gasteiger partial charge in [-0.05, 0) is 52.7 Å². The summed E-state index contributed by atoms with van der Waals surface area (Å²) in [6.45, 7) is 5.07. The Morgan fingerprint density at radius 1 is 1.25 bits per heavy atom. The van der Waals surface area contributed by atoms with Gasteiger partial charge in [0.05, 0.1) is 0 Å². The van der Waals surface area contributed by atoms with E-state index in [1.165, 1.54) is 5.56 Å². The van der Waals surface area contributed by atoms with Crippen LogP contribution in [0.5, 0.6) is 11.6 Å². The van der Waals surface area contributed by atoms with Gasteiger partial charge in [0.25, 0.3) is 0 Å². The van der Waals surface area contributed by atoms with Gasteiger partial charge in [0, 0.05) is 22.8 Å². The molecule has 0 aliphatic rings. The number of ether oxygens (including phenoxy) is 1. The van der Waals surface area contributed by atoms with E-state index in [0.717, 1.165) is 15.8 Å². The Bertz CT molecular complexity index is 567. The van der Waals surface area contributed by atoms with Crippen molar-refractivity contribution in [3.05, 3.63) is 52.1 Å². The Kier molecular flexibility index (Phi) is 5.15. The van der Waals surface area contributed by atoms with Gasteiger partial charge in [0.15, 0.2) is 0 Å². The number of rotatable bonds is 5. The summed E-state index contributed by atoms with van der Waals surface area (Å²) >= 11 is 3.43. The molecule has 2 aromatic rings. The van der Waals surface area contributed by atoms with Crippen LogP contribution in [-0.2, 0) is 6.54 Å². The molecular weight excluding hydrogens is 316 g/mol. The highest BCUT2D eigenvalue weighted by Crippen LogP contribution is 2.26. The molecule has 0 saturated carbocycles. The highest BCUT2D eigenvalue weighted by molar-refractivity contribution is 9.10. The largest absolute Gasteiger partial charge is 0.439 e. The third-order valence-corrected chi connectivity index (χ3v) is 3.45. The zero-order valence-corrected chi connectivity index (χ0v) is 13.6. The van der Waals surface area contributed by atoms with Crippen molar-refractivity contribution in [2.75, 3.05) is 7.05 Å². The lowest BCUT2D eigenvalue weighted by molar-refractivity contribution is 0.454. The van der Waals surface area contributed by atoms with E-state index in [9.17, 15) is 0 Å². The van der Waals surface area contributed by atoms with E-state index in [1.54, 1.807) is 6.20 Å². The SMILES string of the molecule is CNCc1cc(Br)cnc1Oc1ccc(C(C)C)cc1. The molecule has 0 aliphatic heterocycles. The topological polar surface area (TPSA) is 34.2 Å². The second kappa shape index (κ2) is 6.86. The Hall–Kier alpha value is -1.39. The number of hydrogen-bond donors (Lipinski definition) is 1. The van der Waals surface area contributed by atoms with E-state index in [0.29, 0.717) is 18.3 Å². The number of nitrogens with zero attached hydrogens (tertiary/aromatic N) is 1. The van der Waals surface area contributed by atoms with Crippen LogP contribution in [-0.4, -0.2) is 12.0 Å². The van der Waals surface area contributed by atoms with E-state index >= 15 is 0 Å². The molecule has 1 N–H and O–H groups in total. The second-order valence-corrected chi connectivity index (χ2v) is 5.89. The average molecular weight is 335 g/mol. The van der Waals surface area contributed by atoms with Gasteiger partial charge in [0.2, 0.25) is 5.88 Å². The Balaban J connectivity index is 2.20. The van der Waals surface area contributed by atoms with Gasteiger partial charge in [-0.3, -0.25) is 0 Å². The standard InChI is InChI=1S/C16H19BrN2O/c1-11(2)12-4-6-15(7-5-12)20-16-13(9-18-3)8-14(17)10-19-16/h4-8,10-11,18H,9H2,1-3H3. The van der Waals surface area contributed by atoms with Crippen molar-refractivity contribution in [1.82, 2.24) is 10.3 Å². The van der Waals surface area contributed by atoms with Crippen LogP contribution >= 0.6 is 15.9 Å². The van der Waals surface area contributed by atoms with Crippen molar-refractivity contribution in [2.45, 2.75) is 26.3 Å². The Morgan fingerprint density at radius 2 is 1.95 bits per heavy atom. The molecule has 0 aliphatic carbocycles. The maximum atomic E-state index is 5.88. The molecule has 0 saturated heterocycles. The Labute approximate surface area is 128 Å². The molecular formula is C16H19BrN2O. The van der Waals surface area contributed by atoms with Crippen LogP contribution in [0.25, 0.3) is 0 Å². The molecule has 0 amide bonds. The van der Waals surface area contributed by atoms with Crippen LogP contribution in [0.1, 0.15) is 30.9 Å². The highest BCUT2D eigenvalue weighted by Gasteiger charge is 2.07. The molecule has 0 unspecified atom stereocenters. The van der Waals surface area contributed by atoms with Gasteiger partial charge >= 0.3 is 0 Å². The minimum Gasteiger partial charge on any atom is -0.439 e. The second-order valence-electron chi connectivity index (χ2n) is 4.97. The average Bonchev–Trinajstić information content (AvgIpc) is 2.43. The fourth-order valence-corrected chi connectivity index (χ4v) is 2.29. The van der Waals surface area contributed by atoms with Crippen molar-refractivity contribution < 1.29 is 4.74 Å². The highest BCUT2D eigenvalue weighted by atomic mass is 79.9. The number of benzene rings is 1. The number of aromatic nitrogens is 1. The molecule has 2 rings (SSSR count). The fraction of sp³-hybridized carbons (Fsp3) is 0.312. The fourth-order valence-electron chi connectivity index (χ4n) is 1.91. The number of nitrogens with one attached hydrogen (secondary N) is 1. The lowest BCUT2D eigenvalue weighted by atomic mass is 10.0. The molecule has 0 bridgehead atoms. The smallest absolute Gasteiger partial charge is 0.223 e. The summed E-state index contributed by atoms with van der Waals surface area (Å²) in [5, 5.41) is 3.12. The van der Waals surface area contributed by atoms with E-state index in [2.05, 4.69) is 52.2 Å². The van der Waals surface area contributed by atoms with Gasteiger partial charge in [-0.1, -0.05) is 26.0 Å². The van der Waals surface area contributed by atoms with Gasteiger partial charge in [0.1, 0.15) is 5.75 Å². The summed E-state index contributed by atoms with van der Waals surface area (Å²) < 4.78 is 6.83. The summed E-state index contributed by atoms with van der Waals surface area (Å²) in [6.07, 6.45) is 1.75. The molecule has 1 aromatic carbocycles. The first-order valence-corrected chi connectivity index (χ1v) is 7.46. The molecule has 0 atom stereocenters. The molecule has 1 heterocycles. The van der Waals surface area contributed by atoms with Crippen molar-refractivity contribution in [2.24, 2.45) is 0 Å². The first-order valence-electron chi connectivity index (χ1n) is 6.67. The zero-order valence-electron chi connectivity index (χ0n) is 12.0. The monoisotopic (exact) mass is 334 g/mol. The first kappa shape index (κ1) is 15.0. The Morgan fingerprint density at radius 3 is 2.55 bits per heavy atom. The quantitative estimate of drug-likeness (QED) is 0.875. The lowest BCUT2D eigenvalue weighted by Crippen LogP contribution is -2.07. The van der Waals surface area contributed by atoms with Crippen LogP contribution in [0.4, 0.5) is 0 Å². The van der Waals surface area contributed by atoms with E-state index in [1.807, 2.05) is 25.2 Å². The summed E-state index contributed by atoms with van der Waals surface area (Å²) in [4.78, 5) is 4.34. The maximum Gasteiger partial charge on any atom is 0.223 e. The van der Waals surface area contributed by atoms with Crippen molar-refractivity contribution in [1.29, 1.82) is 0 Å². The maximum absolute atomic E-state index is 5.88. The van der Waals surface area contributed by atoms with Crippen LogP contribution < -0.4 is 10.1 Å². The number of hydrogen-bond acceptors (Lipinski definition) is 3. The molecule has 0 spiro atoms. The predicted molar refractivity (Wildman–Crippen MR) is 85.3 cm³/mol. The molecule has 20 heavy (non-hydrogen) atoms. The van der Waals surface area contributed by atoms with Crippen molar-refractivity contribution in [3.63, 3.8) is 0 Å². The summed E-state index contributed by atoms with van der Waals surface area (Å²) in [5.74, 6) is 1.97. The third-order valence-electron chi connectivity index (χ3n) is 3.02. The van der Waals surface area contributed by atoms with E-state index < -0.39 is 0 Å². The lowest BCUT2D eigenvalue weighted by Gasteiger charge is -2.11. The minimum absolute atomic E-state index is 0.523. The molecule has 3 nitrogen and oxygen atoms in total. The van der Waals surface area contributed by atoms with E-state index in [-0.39, 0.29) is 0 Å². The zero-order chi connectivity index (χ0) is 14.5. The molecule has 106 valence electrons. The number of pyridine rings is 1. The molecule has 0 fully saturated rings. The van der Waals surface area contributed by atoms with Crippen LogP contribution in [0.15, 0.2) is 41.0 Å². The molecule has 4 heteroatoms. The molecule has 1 aromatic heterocycles. The third kappa shape index (κ3) is 3.81. The predicted octanol–water partition coefficient (Wildman–Crippen LogP) is 4.48. The number of halogens is 1. The van der Waals surface area contributed by atoms with Crippen molar-refractivity contribution >= 4 is 15.9 Å². The van der Waals surface area contributed by atoms with Gasteiger partial charge in [-0.15, -0.1) is 0 Å². The van der Waals surface area contributed by atoms with Gasteiger partial charge < -0.3 is 10.1 Å². The summed E-state index contributed by atoms with van der Waals surface area (Å²) in [6, 6.07) is 10.2. The van der Waals surface area contributed by atoms with Crippen LogP contribution in [0.3, 0.4) is 0 Å². The minimum atomic E-state index is 0.523. The summed E-state index contributed by atoms with van der Waals surface area (Å²) in [7, 11) is 1.90. The summed E-state index contributed by atoms with van der Waals surface area (Å²) in [5.41, 5.74) is 2.33. The first-order chi connectivity index (χ1) is 9.60. The molecule has 0 radical (unpaired) electrons.